The third-order valence-corrected chi connectivity index (χ3v) is 18.4. The van der Waals surface area contributed by atoms with E-state index in [4.69, 9.17) is 14.9 Å². The summed E-state index contributed by atoms with van der Waals surface area (Å²) in [7, 11) is 3.84. The van der Waals surface area contributed by atoms with Crippen LogP contribution in [0, 0.1) is 111 Å². The number of benzene rings is 4. The van der Waals surface area contributed by atoms with Gasteiger partial charge in [0.05, 0.1) is 25.6 Å². The van der Waals surface area contributed by atoms with Gasteiger partial charge < -0.3 is 34.9 Å². The predicted octanol–water partition coefficient (Wildman–Crippen LogP) is 17.2. The topological polar surface area (TPSA) is 220 Å². The van der Waals surface area contributed by atoms with Crippen LogP contribution in [-0.4, -0.2) is 89.5 Å². The molecule has 1 unspecified atom stereocenters. The molecular formula is C92H75F14Ir2N15O5. The number of ether oxygens (including phenoxy) is 1. The number of halogens is 14. The van der Waals surface area contributed by atoms with E-state index >= 15 is 0 Å². The van der Waals surface area contributed by atoms with Crippen molar-refractivity contribution in [2.75, 3.05) is 19.0 Å². The molecular weight excluding hydrogens is 2050 g/mol. The van der Waals surface area contributed by atoms with E-state index < -0.39 is 93.0 Å². The first-order valence-electron chi connectivity index (χ1n) is 37.7. The smallest absolute Gasteiger partial charge is 0.512 e. The summed E-state index contributed by atoms with van der Waals surface area (Å²) in [4.78, 5) is 31.7. The molecule has 11 aromatic heterocycles. The molecule has 1 spiro atoms. The molecule has 15 aromatic rings. The molecule has 3 aliphatic heterocycles. The van der Waals surface area contributed by atoms with Crippen LogP contribution < -0.4 is 18.6 Å². The number of nitrogens with zero attached hydrogens (tertiary/aromatic N) is 15. The largest absolute Gasteiger partial charge is 0.555 e. The van der Waals surface area contributed by atoms with Crippen molar-refractivity contribution in [1.29, 1.82) is 0 Å². The molecule has 0 saturated carbocycles. The average Bonchev–Trinajstić information content (AvgIpc) is 1.52. The molecule has 1 atom stereocenters. The Hall–Kier alpha value is -13.5. The first-order chi connectivity index (χ1) is 60.0. The zero-order chi connectivity index (χ0) is 91.1. The van der Waals surface area contributed by atoms with E-state index in [9.17, 15) is 71.4 Å². The van der Waals surface area contributed by atoms with E-state index in [0.717, 1.165) is 84.1 Å². The van der Waals surface area contributed by atoms with Gasteiger partial charge in [-0.1, -0.05) is 86.1 Å². The number of rotatable bonds is 9. The summed E-state index contributed by atoms with van der Waals surface area (Å²) in [6.07, 6.45) is 20.8. The van der Waals surface area contributed by atoms with Crippen LogP contribution in [0.2, 0.25) is 0 Å². The van der Waals surface area contributed by atoms with E-state index in [2.05, 4.69) is 65.0 Å². The van der Waals surface area contributed by atoms with Crippen molar-refractivity contribution in [2.24, 2.45) is 10.8 Å². The number of ketones is 1. The Labute approximate surface area is 751 Å². The molecule has 2 radical (unpaired) electrons. The van der Waals surface area contributed by atoms with Gasteiger partial charge in [-0.25, -0.2) is 45.7 Å². The fraction of sp³-hybridized carbons (Fsp3) is 0.152. The summed E-state index contributed by atoms with van der Waals surface area (Å²) in [5.41, 5.74) is 6.31. The summed E-state index contributed by atoms with van der Waals surface area (Å²) < 4.78 is 200. The van der Waals surface area contributed by atoms with Crippen LogP contribution in [0.5, 0.6) is 0 Å². The quantitative estimate of drug-likeness (QED) is 0.0306. The third kappa shape index (κ3) is 23.8. The van der Waals surface area contributed by atoms with Gasteiger partial charge in [-0.15, -0.1) is 36.4 Å². The Morgan fingerprint density at radius 1 is 0.516 bits per heavy atom. The monoisotopic (exact) mass is 2120 g/mol. The number of aliphatic hydroxyl groups is 3. The Morgan fingerprint density at radius 3 is 1.45 bits per heavy atom. The van der Waals surface area contributed by atoms with E-state index in [1.54, 1.807) is 48.8 Å². The Morgan fingerprint density at radius 2 is 0.992 bits per heavy atom. The Kier molecular flexibility index (Phi) is 33.1. The molecule has 0 fully saturated rings. The standard InChI is InChI=1S/C19H12F2N2O.C13H12F2N3.2C12H8F2NO.C11H20O2.C9H5F2N2.2C8H5F2N3.2Ir/c1-12-16-6-2-4-8-22(16)19(24-12)14-10-13(20)11-15(21)18(14)17-7-3-5-9-23(17)19;1-17(2)9-3-4-18-7-8-5-11(14)16-13(15)12(8)10(18)6-9;2*13-9-1-2-10(11(14)6-9)12-5-8(7-16)3-4-15-12;1-10(2,3)8(12)7-9(13)11(4,5)6;10-7-2-3-9(8(11)6-7)13-5-1-4-12-13;2*9-6-4-7(10)8(11-5-6)13-3-1-2-12-13;;/h2-11H,1H2;3-6H,7H2,1-2H3;2*1,3-6,16H,7H2;7,12H,1-6H3;1-2,4-6H;2*1-5H;;/q+2;+1;2*-1;;-1;;;;. The number of allylic oxidation sites excluding steroid dienone is 2. The molecule has 664 valence electrons. The fourth-order valence-electron chi connectivity index (χ4n) is 12.2. The number of pyridine rings is 8. The number of carbonyl (C=O) groups is 1. The van der Waals surface area contributed by atoms with Crippen LogP contribution in [0.4, 0.5) is 67.2 Å². The second kappa shape index (κ2) is 43.1. The number of aromatic nitrogens is 14. The van der Waals surface area contributed by atoms with Crippen molar-refractivity contribution >= 4 is 17.2 Å². The molecule has 0 bridgehead atoms. The maximum Gasteiger partial charge on any atom is 0.555 e. The van der Waals surface area contributed by atoms with Crippen LogP contribution in [0.1, 0.15) is 69.5 Å². The van der Waals surface area contributed by atoms with Crippen molar-refractivity contribution < 1.29 is 140 Å². The molecule has 3 N–H and O–H groups in total. The van der Waals surface area contributed by atoms with Gasteiger partial charge in [0.2, 0.25) is 23.3 Å². The van der Waals surface area contributed by atoms with E-state index in [-0.39, 0.29) is 98.8 Å². The first-order valence-corrected chi connectivity index (χ1v) is 37.7. The van der Waals surface area contributed by atoms with Gasteiger partial charge in [0, 0.05) is 228 Å². The van der Waals surface area contributed by atoms with Gasteiger partial charge >= 0.3 is 5.85 Å². The number of fused-ring (bicyclic) bond motifs is 10. The molecule has 0 aliphatic carbocycles. The average molecular weight is 2120 g/mol. The summed E-state index contributed by atoms with van der Waals surface area (Å²) >= 11 is 0. The minimum absolute atomic E-state index is 0. The van der Waals surface area contributed by atoms with Gasteiger partial charge in [0.15, 0.2) is 65.5 Å². The van der Waals surface area contributed by atoms with Gasteiger partial charge in [-0.3, -0.25) is 35.8 Å². The van der Waals surface area contributed by atoms with Crippen molar-refractivity contribution in [1.82, 2.24) is 54.3 Å². The molecule has 0 saturated heterocycles. The van der Waals surface area contributed by atoms with Gasteiger partial charge in [0.25, 0.3) is 5.69 Å². The number of hydrogen-bond acceptors (Lipinski definition) is 14. The SMILES string of the molecule is C=C1OC2(c3cc(F)cc(F)c3-c3cccc[n+]32)[n+]2ccccc21.CC(C)(C)C(=O)C=C(O)C(C)(C)C.CN(C)c1cc[n+]2c(c1)-c1c(cc(F)nc1F)C2.Fc1c[c-]c(-n2cccn2)c(F)c1.Fc1cnc(-n2cccn2)c(F)c1.Fc1cnc(-n2cccn2)c(F)c1.OCc1ccnc(-c2[c-]cc(F)cc2F)c1.OCc1ccnc(-c2[c-]cc(F)cc2F)c1.[Ir].[Ir]. The maximum absolute atomic E-state index is 14.6. The van der Waals surface area contributed by atoms with Crippen molar-refractivity contribution in [3.63, 3.8) is 0 Å². The summed E-state index contributed by atoms with van der Waals surface area (Å²) in [6, 6.07) is 44.1. The van der Waals surface area contributed by atoms with Crippen LogP contribution >= 0.6 is 0 Å². The second-order valence-corrected chi connectivity index (χ2v) is 29.6. The van der Waals surface area contributed by atoms with Crippen molar-refractivity contribution in [2.45, 2.75) is 67.1 Å². The molecule has 36 heteroatoms. The van der Waals surface area contributed by atoms with E-state index in [1.165, 1.54) is 87.8 Å². The molecule has 0 amide bonds. The van der Waals surface area contributed by atoms with Crippen molar-refractivity contribution in [3.8, 4) is 62.4 Å². The van der Waals surface area contributed by atoms with Crippen molar-refractivity contribution in [3.05, 3.63) is 385 Å². The maximum atomic E-state index is 14.6. The normalized spacial score (nSPS) is 12.7. The summed E-state index contributed by atoms with van der Waals surface area (Å²) in [5.74, 6) is -10.4. The van der Waals surface area contributed by atoms with Gasteiger partial charge in [-0.2, -0.15) is 39.7 Å². The fourth-order valence-corrected chi connectivity index (χ4v) is 12.2. The van der Waals surface area contributed by atoms with Crippen LogP contribution in [-0.2, 0) is 75.3 Å². The number of anilines is 1. The number of aliphatic hydroxyl groups excluding tert-OH is 3. The first kappa shape index (κ1) is 98.3. The molecule has 14 heterocycles. The van der Waals surface area contributed by atoms with E-state index in [0.29, 0.717) is 62.8 Å². The zero-order valence-corrected chi connectivity index (χ0v) is 73.5. The van der Waals surface area contributed by atoms with Crippen LogP contribution in [0.25, 0.3) is 68.1 Å². The molecule has 128 heavy (non-hydrogen) atoms. The number of hydrogen-bond donors (Lipinski definition) is 3. The van der Waals surface area contributed by atoms with Crippen LogP contribution in [0.3, 0.4) is 0 Å². The van der Waals surface area contributed by atoms with E-state index in [1.807, 2.05) is 129 Å². The molecule has 4 aromatic carbocycles. The number of carbonyl (C=O) groups excluding carboxylic acids is 1. The predicted molar refractivity (Wildman–Crippen MR) is 433 cm³/mol. The molecule has 3 aliphatic rings. The summed E-state index contributed by atoms with van der Waals surface area (Å²) in [5, 5.41) is 38.8. The minimum atomic E-state index is -1.21. The summed E-state index contributed by atoms with van der Waals surface area (Å²) in [6.45, 7) is 15.2. The Bertz CT molecular complexity index is 6160. The van der Waals surface area contributed by atoms with Crippen LogP contribution in [0.15, 0.2) is 257 Å². The van der Waals surface area contributed by atoms with Gasteiger partial charge in [-0.05, 0) is 83.3 Å². The minimum Gasteiger partial charge on any atom is -0.512 e. The zero-order valence-electron chi connectivity index (χ0n) is 68.7. The Balaban J connectivity index is 0.000000166. The second-order valence-electron chi connectivity index (χ2n) is 29.6. The molecule has 18 rings (SSSR count). The third-order valence-electron chi connectivity index (χ3n) is 18.4. The molecule has 20 nitrogen and oxygen atoms in total. The van der Waals surface area contributed by atoms with Gasteiger partial charge in [0.1, 0.15) is 40.2 Å².